The highest BCUT2D eigenvalue weighted by atomic mass is 19.4. The SMILES string of the molecule is CC1(C(=O)c2ccc(C(F)(F)F)c(F)c2)CC1. The van der Waals surface area contributed by atoms with Gasteiger partial charge in [0, 0.05) is 11.0 Å². The molecule has 1 aliphatic carbocycles. The number of ketones is 1. The lowest BCUT2D eigenvalue weighted by Gasteiger charge is -2.11. The number of rotatable bonds is 2. The summed E-state index contributed by atoms with van der Waals surface area (Å²) in [4.78, 5) is 11.8. The molecular formula is C12H10F4O. The van der Waals surface area contributed by atoms with Gasteiger partial charge in [0.25, 0.3) is 0 Å². The molecule has 0 bridgehead atoms. The number of carbonyl (C=O) groups is 1. The molecular weight excluding hydrogens is 236 g/mol. The topological polar surface area (TPSA) is 17.1 Å². The van der Waals surface area contributed by atoms with E-state index in [0.717, 1.165) is 6.07 Å². The quantitative estimate of drug-likeness (QED) is 0.572. The van der Waals surface area contributed by atoms with Crippen LogP contribution in [0.15, 0.2) is 18.2 Å². The summed E-state index contributed by atoms with van der Waals surface area (Å²) in [7, 11) is 0. The van der Waals surface area contributed by atoms with Gasteiger partial charge in [0.1, 0.15) is 5.82 Å². The Morgan fingerprint density at radius 2 is 1.88 bits per heavy atom. The molecule has 17 heavy (non-hydrogen) atoms. The Hall–Kier alpha value is -1.39. The summed E-state index contributed by atoms with van der Waals surface area (Å²) in [5, 5.41) is 0. The molecule has 1 nitrogen and oxygen atoms in total. The van der Waals surface area contributed by atoms with Crippen LogP contribution in [0.4, 0.5) is 17.6 Å². The lowest BCUT2D eigenvalue weighted by molar-refractivity contribution is -0.140. The molecule has 0 saturated heterocycles. The van der Waals surface area contributed by atoms with Crippen molar-refractivity contribution in [2.24, 2.45) is 5.41 Å². The molecule has 2 rings (SSSR count). The number of alkyl halides is 3. The fraction of sp³-hybridized carbons (Fsp3) is 0.417. The second kappa shape index (κ2) is 3.55. The summed E-state index contributed by atoms with van der Waals surface area (Å²) in [6.07, 6.45) is -3.32. The summed E-state index contributed by atoms with van der Waals surface area (Å²) in [6, 6.07) is 2.33. The van der Waals surface area contributed by atoms with E-state index in [1.807, 2.05) is 0 Å². The van der Waals surface area contributed by atoms with E-state index in [4.69, 9.17) is 0 Å². The Kier molecular flexibility index (Phi) is 2.52. The lowest BCUT2D eigenvalue weighted by atomic mass is 9.96. The van der Waals surface area contributed by atoms with Gasteiger partial charge in [-0.3, -0.25) is 4.79 Å². The van der Waals surface area contributed by atoms with Crippen LogP contribution in [0.5, 0.6) is 0 Å². The van der Waals surface area contributed by atoms with Gasteiger partial charge in [-0.05, 0) is 25.0 Å². The molecule has 1 aromatic rings. The molecule has 1 fully saturated rings. The minimum atomic E-state index is -4.73. The largest absolute Gasteiger partial charge is 0.419 e. The number of hydrogen-bond donors (Lipinski definition) is 0. The summed E-state index contributed by atoms with van der Waals surface area (Å²) < 4.78 is 50.2. The molecule has 0 aromatic heterocycles. The maximum atomic E-state index is 13.2. The van der Waals surface area contributed by atoms with Crippen LogP contribution in [0.25, 0.3) is 0 Å². The molecule has 0 aliphatic heterocycles. The molecule has 0 amide bonds. The van der Waals surface area contributed by atoms with Crippen molar-refractivity contribution in [3.05, 3.63) is 35.1 Å². The molecule has 0 heterocycles. The molecule has 5 heteroatoms. The van der Waals surface area contributed by atoms with Crippen LogP contribution in [-0.2, 0) is 6.18 Å². The van der Waals surface area contributed by atoms with Crippen LogP contribution in [0.2, 0.25) is 0 Å². The van der Waals surface area contributed by atoms with E-state index < -0.39 is 23.0 Å². The zero-order valence-electron chi connectivity index (χ0n) is 9.07. The van der Waals surface area contributed by atoms with E-state index in [0.29, 0.717) is 25.0 Å². The van der Waals surface area contributed by atoms with Gasteiger partial charge in [0.05, 0.1) is 5.56 Å². The van der Waals surface area contributed by atoms with Gasteiger partial charge in [-0.25, -0.2) is 4.39 Å². The molecule has 1 saturated carbocycles. The van der Waals surface area contributed by atoms with Gasteiger partial charge in [-0.2, -0.15) is 13.2 Å². The zero-order valence-corrected chi connectivity index (χ0v) is 9.07. The van der Waals surface area contributed by atoms with Crippen molar-refractivity contribution < 1.29 is 22.4 Å². The van der Waals surface area contributed by atoms with Crippen LogP contribution in [0, 0.1) is 11.2 Å². The maximum Gasteiger partial charge on any atom is 0.419 e. The van der Waals surface area contributed by atoms with Crippen LogP contribution in [0.1, 0.15) is 35.7 Å². The average molecular weight is 246 g/mol. The van der Waals surface area contributed by atoms with Crippen molar-refractivity contribution in [2.75, 3.05) is 0 Å². The van der Waals surface area contributed by atoms with Crippen molar-refractivity contribution in [3.63, 3.8) is 0 Å². The normalized spacial score (nSPS) is 17.9. The van der Waals surface area contributed by atoms with Crippen molar-refractivity contribution in [3.8, 4) is 0 Å². The van der Waals surface area contributed by atoms with E-state index in [9.17, 15) is 22.4 Å². The third kappa shape index (κ3) is 2.18. The second-order valence-corrected chi connectivity index (χ2v) is 4.58. The van der Waals surface area contributed by atoms with E-state index in [-0.39, 0.29) is 11.3 Å². The van der Waals surface area contributed by atoms with Crippen LogP contribution < -0.4 is 0 Å². The van der Waals surface area contributed by atoms with Gasteiger partial charge >= 0.3 is 6.18 Å². The van der Waals surface area contributed by atoms with Crippen molar-refractivity contribution in [2.45, 2.75) is 25.9 Å². The first-order valence-corrected chi connectivity index (χ1v) is 5.16. The second-order valence-electron chi connectivity index (χ2n) is 4.58. The molecule has 0 unspecified atom stereocenters. The monoisotopic (exact) mass is 246 g/mol. The van der Waals surface area contributed by atoms with E-state index >= 15 is 0 Å². The standard InChI is InChI=1S/C12H10F4O/c1-11(4-5-11)10(17)7-2-3-8(9(13)6-7)12(14,15)16/h2-3,6H,4-5H2,1H3. The molecule has 0 atom stereocenters. The number of Topliss-reactive ketones (excluding diaryl/α,β-unsaturated/α-hetero) is 1. The van der Waals surface area contributed by atoms with Crippen LogP contribution in [-0.4, -0.2) is 5.78 Å². The summed E-state index contributed by atoms with van der Waals surface area (Å²) >= 11 is 0. The lowest BCUT2D eigenvalue weighted by Crippen LogP contribution is -2.14. The third-order valence-corrected chi connectivity index (χ3v) is 3.08. The Labute approximate surface area is 95.4 Å². The smallest absolute Gasteiger partial charge is 0.294 e. The van der Waals surface area contributed by atoms with E-state index in [1.54, 1.807) is 6.92 Å². The van der Waals surface area contributed by atoms with Crippen molar-refractivity contribution in [1.29, 1.82) is 0 Å². The molecule has 0 spiro atoms. The molecule has 0 radical (unpaired) electrons. The van der Waals surface area contributed by atoms with Gasteiger partial charge in [0.2, 0.25) is 0 Å². The number of halogens is 4. The fourth-order valence-electron chi connectivity index (χ4n) is 1.65. The Balaban J connectivity index is 2.34. The highest BCUT2D eigenvalue weighted by Gasteiger charge is 2.45. The summed E-state index contributed by atoms with van der Waals surface area (Å²) in [5.41, 5.74) is -1.84. The first-order chi connectivity index (χ1) is 7.74. The maximum absolute atomic E-state index is 13.2. The van der Waals surface area contributed by atoms with Gasteiger partial charge < -0.3 is 0 Å². The van der Waals surface area contributed by atoms with Gasteiger partial charge in [-0.15, -0.1) is 0 Å². The highest BCUT2D eigenvalue weighted by molar-refractivity contribution is 6.02. The zero-order chi connectivity index (χ0) is 12.8. The van der Waals surface area contributed by atoms with E-state index in [2.05, 4.69) is 0 Å². The Morgan fingerprint density at radius 3 is 2.29 bits per heavy atom. The number of hydrogen-bond acceptors (Lipinski definition) is 1. The Bertz CT molecular complexity index is 472. The molecule has 1 aliphatic rings. The van der Waals surface area contributed by atoms with Gasteiger partial charge in [-0.1, -0.05) is 13.0 Å². The van der Waals surface area contributed by atoms with Crippen LogP contribution >= 0.6 is 0 Å². The predicted molar refractivity (Wildman–Crippen MR) is 53.1 cm³/mol. The van der Waals surface area contributed by atoms with Crippen molar-refractivity contribution in [1.82, 2.24) is 0 Å². The fourth-order valence-corrected chi connectivity index (χ4v) is 1.65. The van der Waals surface area contributed by atoms with E-state index in [1.165, 1.54) is 0 Å². The average Bonchev–Trinajstić information content (AvgIpc) is 2.94. The predicted octanol–water partition coefficient (Wildman–Crippen LogP) is 3.83. The summed E-state index contributed by atoms with van der Waals surface area (Å²) in [5.74, 6) is -1.68. The summed E-state index contributed by atoms with van der Waals surface area (Å²) in [6.45, 7) is 1.73. The highest BCUT2D eigenvalue weighted by Crippen LogP contribution is 2.47. The minimum absolute atomic E-state index is 0.00972. The molecule has 1 aromatic carbocycles. The van der Waals surface area contributed by atoms with Crippen LogP contribution in [0.3, 0.4) is 0 Å². The first-order valence-electron chi connectivity index (χ1n) is 5.16. The molecule has 92 valence electrons. The number of benzene rings is 1. The third-order valence-electron chi connectivity index (χ3n) is 3.08. The molecule has 0 N–H and O–H groups in total. The number of carbonyl (C=O) groups excluding carboxylic acids is 1. The minimum Gasteiger partial charge on any atom is -0.294 e. The van der Waals surface area contributed by atoms with Crippen molar-refractivity contribution >= 4 is 5.78 Å². The first kappa shape index (κ1) is 12.1. The Morgan fingerprint density at radius 1 is 1.29 bits per heavy atom. The van der Waals surface area contributed by atoms with Gasteiger partial charge in [0.15, 0.2) is 5.78 Å².